The highest BCUT2D eigenvalue weighted by atomic mass is 16.5. The summed E-state index contributed by atoms with van der Waals surface area (Å²) < 4.78 is 10.4. The lowest BCUT2D eigenvalue weighted by molar-refractivity contribution is 0.0487. The predicted molar refractivity (Wildman–Crippen MR) is 69.9 cm³/mol. The molecule has 3 N–H and O–H groups in total. The minimum Gasteiger partial charge on any atom is -0.409 e. The van der Waals surface area contributed by atoms with Crippen LogP contribution in [-0.2, 0) is 9.47 Å². The van der Waals surface area contributed by atoms with Crippen LogP contribution in [0.5, 0.6) is 0 Å². The molecule has 0 amide bonds. The minimum absolute atomic E-state index is 0.165. The van der Waals surface area contributed by atoms with Crippen molar-refractivity contribution in [2.45, 2.75) is 19.8 Å². The summed E-state index contributed by atoms with van der Waals surface area (Å²) in [6, 6.07) is 0. The first-order valence-corrected chi connectivity index (χ1v) is 6.39. The van der Waals surface area contributed by atoms with Crippen LogP contribution >= 0.6 is 0 Å². The highest BCUT2D eigenvalue weighted by Gasteiger charge is 2.33. The molecule has 0 unspecified atom stereocenters. The van der Waals surface area contributed by atoms with E-state index in [2.05, 4.69) is 17.0 Å². The smallest absolute Gasteiger partial charge is 0.145 e. The quantitative estimate of drug-likeness (QED) is 0.229. The Morgan fingerprint density at radius 2 is 2.00 bits per heavy atom. The highest BCUT2D eigenvalue weighted by Crippen LogP contribution is 2.30. The van der Waals surface area contributed by atoms with Gasteiger partial charge in [0, 0.05) is 19.1 Å². The van der Waals surface area contributed by atoms with Gasteiger partial charge in [-0.1, -0.05) is 12.1 Å². The third-order valence-corrected chi connectivity index (χ3v) is 3.67. The van der Waals surface area contributed by atoms with Crippen molar-refractivity contribution >= 4 is 5.84 Å². The second-order valence-electron chi connectivity index (χ2n) is 4.99. The molecule has 1 rings (SSSR count). The first kappa shape index (κ1) is 15.2. The Morgan fingerprint density at radius 3 is 2.56 bits per heavy atom. The Balaban J connectivity index is 2.19. The first-order valence-electron chi connectivity index (χ1n) is 6.39. The first-order chi connectivity index (χ1) is 8.62. The number of ether oxygens (including phenoxy) is 2. The zero-order valence-corrected chi connectivity index (χ0v) is 11.4. The molecule has 6 heteroatoms. The van der Waals surface area contributed by atoms with Gasteiger partial charge in [-0.25, -0.2) is 0 Å². The highest BCUT2D eigenvalue weighted by molar-refractivity contribution is 5.85. The van der Waals surface area contributed by atoms with Gasteiger partial charge in [0.2, 0.25) is 0 Å². The van der Waals surface area contributed by atoms with Crippen molar-refractivity contribution in [2.75, 3.05) is 46.6 Å². The Hall–Kier alpha value is -0.850. The van der Waals surface area contributed by atoms with Crippen LogP contribution in [0.25, 0.3) is 0 Å². The van der Waals surface area contributed by atoms with Crippen LogP contribution in [0.15, 0.2) is 5.16 Å². The summed E-state index contributed by atoms with van der Waals surface area (Å²) in [6.45, 7) is 6.91. The van der Waals surface area contributed by atoms with Crippen molar-refractivity contribution in [3.63, 3.8) is 0 Å². The molecule has 1 heterocycles. The molecule has 1 aliphatic rings. The summed E-state index contributed by atoms with van der Waals surface area (Å²) in [6.07, 6.45) is 1.84. The topological polar surface area (TPSA) is 80.3 Å². The van der Waals surface area contributed by atoms with Gasteiger partial charge in [-0.05, 0) is 25.9 Å². The number of methoxy groups -OCH3 is 1. The second-order valence-corrected chi connectivity index (χ2v) is 4.99. The largest absolute Gasteiger partial charge is 0.409 e. The SMILES string of the molecule is COCCOCCN1CCC(C)(C(N)=NO)CC1. The maximum Gasteiger partial charge on any atom is 0.145 e. The lowest BCUT2D eigenvalue weighted by atomic mass is 9.79. The summed E-state index contributed by atoms with van der Waals surface area (Å²) in [5.74, 6) is 0.346. The van der Waals surface area contributed by atoms with Crippen molar-refractivity contribution < 1.29 is 14.7 Å². The lowest BCUT2D eigenvalue weighted by Gasteiger charge is -2.38. The molecule has 0 saturated carbocycles. The number of rotatable bonds is 7. The fraction of sp³-hybridized carbons (Fsp3) is 0.917. The van der Waals surface area contributed by atoms with Gasteiger partial charge in [0.05, 0.1) is 19.8 Å². The van der Waals surface area contributed by atoms with E-state index in [0.717, 1.165) is 39.1 Å². The fourth-order valence-electron chi connectivity index (χ4n) is 2.08. The fourth-order valence-corrected chi connectivity index (χ4v) is 2.08. The van der Waals surface area contributed by atoms with Gasteiger partial charge in [-0.15, -0.1) is 0 Å². The number of amidine groups is 1. The van der Waals surface area contributed by atoms with Crippen LogP contribution in [0.4, 0.5) is 0 Å². The van der Waals surface area contributed by atoms with Gasteiger partial charge in [0.1, 0.15) is 5.84 Å². The molecule has 6 nitrogen and oxygen atoms in total. The van der Waals surface area contributed by atoms with Crippen molar-refractivity contribution in [3.8, 4) is 0 Å². The van der Waals surface area contributed by atoms with Crippen LogP contribution in [-0.4, -0.2) is 62.5 Å². The molecular weight excluding hydrogens is 234 g/mol. The second kappa shape index (κ2) is 7.56. The monoisotopic (exact) mass is 259 g/mol. The third-order valence-electron chi connectivity index (χ3n) is 3.67. The molecule has 106 valence electrons. The van der Waals surface area contributed by atoms with Crippen LogP contribution < -0.4 is 5.73 Å². The van der Waals surface area contributed by atoms with E-state index in [0.29, 0.717) is 19.0 Å². The molecule has 0 bridgehead atoms. The van der Waals surface area contributed by atoms with Gasteiger partial charge >= 0.3 is 0 Å². The van der Waals surface area contributed by atoms with Crippen LogP contribution in [0.3, 0.4) is 0 Å². The molecule has 1 aliphatic heterocycles. The van der Waals surface area contributed by atoms with Crippen LogP contribution in [0.2, 0.25) is 0 Å². The van der Waals surface area contributed by atoms with Crippen molar-refractivity contribution in [1.82, 2.24) is 4.90 Å². The van der Waals surface area contributed by atoms with Gasteiger partial charge in [-0.3, -0.25) is 0 Å². The summed E-state index contributed by atoms with van der Waals surface area (Å²) in [5, 5.41) is 11.9. The molecule has 18 heavy (non-hydrogen) atoms. The summed E-state index contributed by atoms with van der Waals surface area (Å²) in [5.41, 5.74) is 5.56. The molecule has 0 aliphatic carbocycles. The zero-order valence-electron chi connectivity index (χ0n) is 11.4. The molecule has 1 saturated heterocycles. The molecular formula is C12H25N3O3. The van der Waals surface area contributed by atoms with E-state index < -0.39 is 0 Å². The number of nitrogens with two attached hydrogens (primary N) is 1. The van der Waals surface area contributed by atoms with E-state index in [1.165, 1.54) is 0 Å². The van der Waals surface area contributed by atoms with E-state index in [4.69, 9.17) is 20.4 Å². The lowest BCUT2D eigenvalue weighted by Crippen LogP contribution is -2.46. The van der Waals surface area contributed by atoms with E-state index in [1.807, 2.05) is 0 Å². The van der Waals surface area contributed by atoms with Crippen LogP contribution in [0.1, 0.15) is 19.8 Å². The van der Waals surface area contributed by atoms with Gasteiger partial charge in [-0.2, -0.15) is 0 Å². The van der Waals surface area contributed by atoms with E-state index in [1.54, 1.807) is 7.11 Å². The standard InChI is InChI=1S/C12H25N3O3/c1-12(11(13)14-16)3-5-15(6-4-12)7-8-18-10-9-17-2/h16H,3-10H2,1-2H3,(H2,13,14). The molecule has 0 atom stereocenters. The average Bonchev–Trinajstić information content (AvgIpc) is 2.40. The van der Waals surface area contributed by atoms with Gasteiger partial charge in [0.15, 0.2) is 0 Å². The predicted octanol–water partition coefficient (Wildman–Crippen LogP) is 0.498. The van der Waals surface area contributed by atoms with E-state index in [9.17, 15) is 0 Å². The van der Waals surface area contributed by atoms with Gasteiger partial charge in [0.25, 0.3) is 0 Å². The summed E-state index contributed by atoms with van der Waals surface area (Å²) >= 11 is 0. The number of hydrogen-bond acceptors (Lipinski definition) is 5. The van der Waals surface area contributed by atoms with Gasteiger partial charge < -0.3 is 25.3 Å². The van der Waals surface area contributed by atoms with Crippen LogP contribution in [0, 0.1) is 5.41 Å². The molecule has 0 aromatic rings. The number of oxime groups is 1. The average molecular weight is 259 g/mol. The van der Waals surface area contributed by atoms with Crippen molar-refractivity contribution in [2.24, 2.45) is 16.3 Å². The minimum atomic E-state index is -0.165. The number of hydrogen-bond donors (Lipinski definition) is 2. The Kier molecular flexibility index (Phi) is 6.38. The van der Waals surface area contributed by atoms with E-state index in [-0.39, 0.29) is 5.41 Å². The van der Waals surface area contributed by atoms with Crippen molar-refractivity contribution in [1.29, 1.82) is 0 Å². The molecule has 0 aromatic carbocycles. The third kappa shape index (κ3) is 4.44. The Labute approximate surface area is 109 Å². The Morgan fingerprint density at radius 1 is 1.33 bits per heavy atom. The number of likely N-dealkylation sites (tertiary alicyclic amines) is 1. The molecule has 0 aromatic heterocycles. The molecule has 1 fully saturated rings. The normalized spacial score (nSPS) is 21.1. The van der Waals surface area contributed by atoms with E-state index >= 15 is 0 Å². The van der Waals surface area contributed by atoms with Crippen molar-refractivity contribution in [3.05, 3.63) is 0 Å². The number of piperidine rings is 1. The zero-order chi connectivity index (χ0) is 13.4. The Bertz CT molecular complexity index is 263. The summed E-state index contributed by atoms with van der Waals surface area (Å²) in [7, 11) is 1.67. The maximum absolute atomic E-state index is 8.76. The molecule has 0 radical (unpaired) electrons. The maximum atomic E-state index is 8.76. The summed E-state index contributed by atoms with van der Waals surface area (Å²) in [4.78, 5) is 2.35. The molecule has 0 spiro atoms. The number of nitrogens with zero attached hydrogens (tertiary/aromatic N) is 2.